The summed E-state index contributed by atoms with van der Waals surface area (Å²) in [5, 5.41) is 8.55. The van der Waals surface area contributed by atoms with Gasteiger partial charge in [-0.1, -0.05) is 92.3 Å². The second-order valence-corrected chi connectivity index (χ2v) is 12.8. The quantitative estimate of drug-likeness (QED) is 0.602. The molecule has 0 aromatic heterocycles. The van der Waals surface area contributed by atoms with Gasteiger partial charge < -0.3 is 5.32 Å². The van der Waals surface area contributed by atoms with Gasteiger partial charge in [0.2, 0.25) is 0 Å². The average Bonchev–Trinajstić information content (AvgIpc) is 2.73. The van der Waals surface area contributed by atoms with Crippen LogP contribution in [0.1, 0.15) is 43.2 Å². The molecule has 1 aliphatic carbocycles. The summed E-state index contributed by atoms with van der Waals surface area (Å²) >= 11 is 0. The van der Waals surface area contributed by atoms with E-state index < -0.39 is 8.07 Å². The molecule has 0 spiro atoms. The first-order chi connectivity index (χ1) is 13.7. The number of fused-ring (bicyclic) bond motifs is 2. The molecule has 0 amide bonds. The van der Waals surface area contributed by atoms with E-state index in [1.54, 1.807) is 15.6 Å². The van der Waals surface area contributed by atoms with Crippen molar-refractivity contribution >= 4 is 35.0 Å². The van der Waals surface area contributed by atoms with E-state index in [2.05, 4.69) is 85.9 Å². The highest BCUT2D eigenvalue weighted by Crippen LogP contribution is 2.40. The third kappa shape index (κ3) is 2.66. The zero-order chi connectivity index (χ0) is 19.1. The molecule has 1 fully saturated rings. The molecule has 2 aliphatic rings. The number of anilines is 2. The minimum atomic E-state index is -2.11. The van der Waals surface area contributed by atoms with Crippen molar-refractivity contribution in [1.82, 2.24) is 0 Å². The third-order valence-electron chi connectivity index (χ3n) is 6.95. The maximum atomic E-state index is 3.79. The number of aryl methyl sites for hydroxylation is 2. The van der Waals surface area contributed by atoms with Crippen molar-refractivity contribution in [2.75, 3.05) is 5.32 Å². The van der Waals surface area contributed by atoms with Crippen LogP contribution >= 0.6 is 0 Å². The van der Waals surface area contributed by atoms with Crippen LogP contribution in [0.2, 0.25) is 5.54 Å². The molecular formula is C26H29NSi. The Hall–Kier alpha value is -2.32. The van der Waals surface area contributed by atoms with Gasteiger partial charge in [-0.05, 0) is 52.6 Å². The molecule has 1 heterocycles. The molecule has 0 saturated heterocycles. The lowest BCUT2D eigenvalue weighted by atomic mass is 10.0. The molecule has 0 unspecified atom stereocenters. The molecule has 1 aliphatic heterocycles. The zero-order valence-corrected chi connectivity index (χ0v) is 18.0. The van der Waals surface area contributed by atoms with E-state index in [1.165, 1.54) is 54.6 Å². The topological polar surface area (TPSA) is 12.0 Å². The van der Waals surface area contributed by atoms with E-state index >= 15 is 0 Å². The normalized spacial score (nSPS) is 21.5. The highest BCUT2D eigenvalue weighted by molar-refractivity contribution is 7.14. The van der Waals surface area contributed by atoms with Crippen molar-refractivity contribution in [2.24, 2.45) is 0 Å². The fraction of sp³-hybridized carbons (Fsp3) is 0.308. The second kappa shape index (κ2) is 6.93. The van der Waals surface area contributed by atoms with E-state index in [1.807, 2.05) is 0 Å². The van der Waals surface area contributed by atoms with Gasteiger partial charge in [0, 0.05) is 11.4 Å². The van der Waals surface area contributed by atoms with Crippen LogP contribution in [0.15, 0.2) is 66.7 Å². The molecule has 0 radical (unpaired) electrons. The monoisotopic (exact) mass is 383 g/mol. The highest BCUT2D eigenvalue weighted by Gasteiger charge is 2.50. The molecule has 1 N–H and O–H groups in total. The van der Waals surface area contributed by atoms with Gasteiger partial charge in [0.15, 0.2) is 8.07 Å². The summed E-state index contributed by atoms with van der Waals surface area (Å²) in [5.74, 6) is 0. The van der Waals surface area contributed by atoms with E-state index in [9.17, 15) is 0 Å². The lowest BCUT2D eigenvalue weighted by molar-refractivity contribution is 0.497. The Balaban J connectivity index is 1.86. The zero-order valence-electron chi connectivity index (χ0n) is 17.0. The van der Waals surface area contributed by atoms with Crippen molar-refractivity contribution in [1.29, 1.82) is 0 Å². The standard InChI is InChI=1S/C26H29NSi/c1-19-12-15-22(16-13-19)28(21-8-4-3-5-9-21)25-11-7-6-10-23(25)27-24-18-20(2)14-17-26(24)28/h6-7,10-18,21,27H,3-5,8-9H2,1-2H3/t28-/m1/s1. The van der Waals surface area contributed by atoms with Gasteiger partial charge in [0.05, 0.1) is 0 Å². The van der Waals surface area contributed by atoms with Crippen LogP contribution in [-0.2, 0) is 0 Å². The molecule has 1 atom stereocenters. The van der Waals surface area contributed by atoms with Crippen LogP contribution in [0.3, 0.4) is 0 Å². The third-order valence-corrected chi connectivity index (χ3v) is 12.6. The van der Waals surface area contributed by atoms with E-state index in [4.69, 9.17) is 0 Å². The largest absolute Gasteiger partial charge is 0.356 e. The Morgan fingerprint density at radius 3 is 2.18 bits per heavy atom. The van der Waals surface area contributed by atoms with Gasteiger partial charge in [0.25, 0.3) is 0 Å². The van der Waals surface area contributed by atoms with E-state index in [0.29, 0.717) is 0 Å². The summed E-state index contributed by atoms with van der Waals surface area (Å²) in [7, 11) is -2.11. The van der Waals surface area contributed by atoms with E-state index in [0.717, 1.165) is 5.54 Å². The summed E-state index contributed by atoms with van der Waals surface area (Å²) in [6.07, 6.45) is 6.88. The Kier molecular flexibility index (Phi) is 4.39. The van der Waals surface area contributed by atoms with Crippen molar-refractivity contribution in [3.63, 3.8) is 0 Å². The van der Waals surface area contributed by atoms with Gasteiger partial charge in [-0.3, -0.25) is 0 Å². The molecule has 0 bridgehead atoms. The molecule has 5 rings (SSSR count). The first kappa shape index (κ1) is 17.8. The highest BCUT2D eigenvalue weighted by atomic mass is 28.3. The van der Waals surface area contributed by atoms with Crippen LogP contribution in [-0.4, -0.2) is 8.07 Å². The fourth-order valence-electron chi connectivity index (χ4n) is 5.67. The molecule has 142 valence electrons. The Morgan fingerprint density at radius 2 is 1.39 bits per heavy atom. The summed E-state index contributed by atoms with van der Waals surface area (Å²) in [6, 6.07) is 25.8. The van der Waals surface area contributed by atoms with Gasteiger partial charge in [-0.2, -0.15) is 0 Å². The molecule has 3 aromatic carbocycles. The minimum absolute atomic E-state index is 0.772. The number of para-hydroxylation sites is 1. The summed E-state index contributed by atoms with van der Waals surface area (Å²) in [5.41, 5.74) is 6.13. The molecule has 1 nitrogen and oxygen atoms in total. The second-order valence-electron chi connectivity index (χ2n) is 8.73. The predicted octanol–water partition coefficient (Wildman–Crippen LogP) is 5.16. The minimum Gasteiger partial charge on any atom is -0.356 e. The molecular weight excluding hydrogens is 354 g/mol. The molecule has 28 heavy (non-hydrogen) atoms. The van der Waals surface area contributed by atoms with Gasteiger partial charge in [0.1, 0.15) is 0 Å². The average molecular weight is 384 g/mol. The number of hydrogen-bond acceptors (Lipinski definition) is 1. The Labute approximate surface area is 169 Å². The first-order valence-electron chi connectivity index (χ1n) is 10.7. The maximum Gasteiger partial charge on any atom is 0.156 e. The summed E-state index contributed by atoms with van der Waals surface area (Å²) in [6.45, 7) is 4.41. The molecule has 2 heteroatoms. The Bertz CT molecular complexity index is 1000. The van der Waals surface area contributed by atoms with Gasteiger partial charge in [-0.15, -0.1) is 0 Å². The van der Waals surface area contributed by atoms with Crippen LogP contribution in [0, 0.1) is 13.8 Å². The van der Waals surface area contributed by atoms with Crippen LogP contribution in [0.4, 0.5) is 11.4 Å². The van der Waals surface area contributed by atoms with Gasteiger partial charge in [-0.25, -0.2) is 0 Å². The number of hydrogen-bond donors (Lipinski definition) is 1. The van der Waals surface area contributed by atoms with Crippen molar-refractivity contribution in [3.8, 4) is 0 Å². The number of nitrogens with one attached hydrogen (secondary N) is 1. The summed E-state index contributed by atoms with van der Waals surface area (Å²) < 4.78 is 0. The number of rotatable bonds is 2. The maximum absolute atomic E-state index is 3.79. The molecule has 3 aromatic rings. The van der Waals surface area contributed by atoms with Crippen LogP contribution < -0.4 is 20.9 Å². The fourth-order valence-corrected chi connectivity index (χ4v) is 11.7. The van der Waals surface area contributed by atoms with Gasteiger partial charge >= 0.3 is 0 Å². The smallest absolute Gasteiger partial charge is 0.156 e. The van der Waals surface area contributed by atoms with E-state index in [-0.39, 0.29) is 0 Å². The van der Waals surface area contributed by atoms with Crippen molar-refractivity contribution in [3.05, 3.63) is 77.9 Å². The van der Waals surface area contributed by atoms with Crippen molar-refractivity contribution in [2.45, 2.75) is 51.5 Å². The van der Waals surface area contributed by atoms with Crippen LogP contribution in [0.5, 0.6) is 0 Å². The molecule has 1 saturated carbocycles. The Morgan fingerprint density at radius 1 is 0.714 bits per heavy atom. The lowest BCUT2D eigenvalue weighted by Gasteiger charge is -2.46. The SMILES string of the molecule is Cc1ccc([Si@]2(C3CCCCC3)c3ccccc3Nc3cc(C)ccc32)cc1. The first-order valence-corrected chi connectivity index (χ1v) is 12.8. The summed E-state index contributed by atoms with van der Waals surface area (Å²) in [4.78, 5) is 0. The number of benzene rings is 3. The lowest BCUT2D eigenvalue weighted by Crippen LogP contribution is -2.72. The van der Waals surface area contributed by atoms with Crippen LogP contribution in [0.25, 0.3) is 0 Å². The predicted molar refractivity (Wildman–Crippen MR) is 124 cm³/mol. The van der Waals surface area contributed by atoms with Crippen molar-refractivity contribution < 1.29 is 0 Å².